The van der Waals surface area contributed by atoms with Crippen molar-refractivity contribution in [2.24, 2.45) is 0 Å². The first-order valence-corrected chi connectivity index (χ1v) is 7.13. The van der Waals surface area contributed by atoms with Crippen molar-refractivity contribution in [3.05, 3.63) is 35.4 Å². The van der Waals surface area contributed by atoms with Crippen LogP contribution in [0.15, 0.2) is 24.3 Å². The van der Waals surface area contributed by atoms with Crippen LogP contribution in [-0.2, 0) is 11.3 Å². The van der Waals surface area contributed by atoms with Gasteiger partial charge in [0.25, 0.3) is 0 Å². The molecule has 1 aromatic rings. The smallest absolute Gasteiger partial charge is 0.234 e. The molecule has 0 aliphatic heterocycles. The van der Waals surface area contributed by atoms with Crippen molar-refractivity contribution in [2.75, 3.05) is 6.54 Å². The van der Waals surface area contributed by atoms with E-state index in [1.54, 1.807) is 0 Å². The summed E-state index contributed by atoms with van der Waals surface area (Å²) in [6.07, 6.45) is 2.45. The Morgan fingerprint density at radius 3 is 2.47 bits per heavy atom. The molecule has 19 heavy (non-hydrogen) atoms. The maximum absolute atomic E-state index is 11.9. The number of rotatable bonds is 6. The first kappa shape index (κ1) is 14.1. The summed E-state index contributed by atoms with van der Waals surface area (Å²) in [7, 11) is 0. The summed E-state index contributed by atoms with van der Waals surface area (Å²) in [6.45, 7) is 7.48. The third-order valence-electron chi connectivity index (χ3n) is 3.37. The largest absolute Gasteiger partial charge is 0.353 e. The number of hydrogen-bond acceptors (Lipinski definition) is 2. The first-order chi connectivity index (χ1) is 9.04. The van der Waals surface area contributed by atoms with Crippen molar-refractivity contribution >= 4 is 5.91 Å². The highest BCUT2D eigenvalue weighted by atomic mass is 16.2. The molecule has 0 spiro atoms. The lowest BCUT2D eigenvalue weighted by Crippen LogP contribution is -2.40. The lowest BCUT2D eigenvalue weighted by Gasteiger charge is -2.22. The maximum atomic E-state index is 11.9. The van der Waals surface area contributed by atoms with Crippen LogP contribution in [0.3, 0.4) is 0 Å². The summed E-state index contributed by atoms with van der Waals surface area (Å²) in [5.74, 6) is 0.133. The van der Waals surface area contributed by atoms with E-state index in [1.165, 1.54) is 24.0 Å². The van der Waals surface area contributed by atoms with E-state index < -0.39 is 0 Å². The minimum Gasteiger partial charge on any atom is -0.353 e. The Kier molecular flexibility index (Phi) is 4.59. The SMILES string of the molecule is Cc1ccc(CN(CC(=O)NC(C)C)C2CC2)cc1. The predicted octanol–water partition coefficient (Wildman–Crippen LogP) is 2.48. The van der Waals surface area contributed by atoms with Crippen molar-refractivity contribution in [3.63, 3.8) is 0 Å². The molecule has 104 valence electrons. The molecule has 1 aliphatic carbocycles. The number of amides is 1. The van der Waals surface area contributed by atoms with Crippen LogP contribution in [0.2, 0.25) is 0 Å². The van der Waals surface area contributed by atoms with Crippen molar-refractivity contribution in [3.8, 4) is 0 Å². The van der Waals surface area contributed by atoms with Gasteiger partial charge in [-0.25, -0.2) is 0 Å². The van der Waals surface area contributed by atoms with Gasteiger partial charge in [0.1, 0.15) is 0 Å². The third-order valence-corrected chi connectivity index (χ3v) is 3.37. The van der Waals surface area contributed by atoms with Crippen LogP contribution in [-0.4, -0.2) is 29.4 Å². The van der Waals surface area contributed by atoms with Gasteiger partial charge >= 0.3 is 0 Å². The zero-order chi connectivity index (χ0) is 13.8. The molecule has 0 atom stereocenters. The minimum absolute atomic E-state index is 0.133. The van der Waals surface area contributed by atoms with Crippen LogP contribution < -0.4 is 5.32 Å². The van der Waals surface area contributed by atoms with Gasteiger partial charge in [0, 0.05) is 18.6 Å². The zero-order valence-electron chi connectivity index (χ0n) is 12.1. The van der Waals surface area contributed by atoms with Crippen molar-refractivity contribution in [1.82, 2.24) is 10.2 Å². The van der Waals surface area contributed by atoms with Gasteiger partial charge < -0.3 is 5.32 Å². The summed E-state index contributed by atoms with van der Waals surface area (Å²) in [5, 5.41) is 2.97. The average molecular weight is 260 g/mol. The van der Waals surface area contributed by atoms with Gasteiger partial charge in [-0.3, -0.25) is 9.69 Å². The molecule has 3 nitrogen and oxygen atoms in total. The van der Waals surface area contributed by atoms with Crippen LogP contribution >= 0.6 is 0 Å². The summed E-state index contributed by atoms with van der Waals surface area (Å²) in [4.78, 5) is 14.2. The standard InChI is InChI=1S/C16H24N2O/c1-12(2)17-16(19)11-18(15-8-9-15)10-14-6-4-13(3)5-7-14/h4-7,12,15H,8-11H2,1-3H3,(H,17,19). The van der Waals surface area contributed by atoms with Gasteiger partial charge in [0.05, 0.1) is 6.54 Å². The van der Waals surface area contributed by atoms with E-state index in [2.05, 4.69) is 41.4 Å². The summed E-state index contributed by atoms with van der Waals surface area (Å²) in [5.41, 5.74) is 2.56. The number of nitrogens with one attached hydrogen (secondary N) is 1. The summed E-state index contributed by atoms with van der Waals surface area (Å²) < 4.78 is 0. The van der Waals surface area contributed by atoms with Gasteiger partial charge in [-0.15, -0.1) is 0 Å². The highest BCUT2D eigenvalue weighted by molar-refractivity contribution is 5.78. The molecule has 0 heterocycles. The number of carbonyl (C=O) groups excluding carboxylic acids is 1. The van der Waals surface area contributed by atoms with Gasteiger partial charge in [0.2, 0.25) is 5.91 Å². The third kappa shape index (κ3) is 4.67. The van der Waals surface area contributed by atoms with E-state index in [0.717, 1.165) is 6.54 Å². The molecular formula is C16H24N2O. The average Bonchev–Trinajstić information content (AvgIpc) is 3.14. The van der Waals surface area contributed by atoms with Crippen molar-refractivity contribution in [1.29, 1.82) is 0 Å². The van der Waals surface area contributed by atoms with E-state index in [9.17, 15) is 4.79 Å². The molecule has 1 aliphatic rings. The normalized spacial score (nSPS) is 15.0. The van der Waals surface area contributed by atoms with Gasteiger partial charge in [0.15, 0.2) is 0 Å². The highest BCUT2D eigenvalue weighted by Gasteiger charge is 2.30. The van der Waals surface area contributed by atoms with Crippen molar-refractivity contribution < 1.29 is 4.79 Å². The van der Waals surface area contributed by atoms with E-state index in [0.29, 0.717) is 12.6 Å². The number of benzene rings is 1. The Balaban J connectivity index is 1.93. The van der Waals surface area contributed by atoms with E-state index in [4.69, 9.17) is 0 Å². The molecule has 2 rings (SSSR count). The molecule has 0 saturated heterocycles. The fourth-order valence-electron chi connectivity index (χ4n) is 2.23. The molecule has 3 heteroatoms. The summed E-state index contributed by atoms with van der Waals surface area (Å²) in [6, 6.07) is 9.39. The number of hydrogen-bond donors (Lipinski definition) is 1. The molecule has 0 radical (unpaired) electrons. The van der Waals surface area contributed by atoms with Crippen LogP contribution in [0.25, 0.3) is 0 Å². The molecule has 1 N–H and O–H groups in total. The Bertz CT molecular complexity index is 421. The quantitative estimate of drug-likeness (QED) is 0.852. The fourth-order valence-corrected chi connectivity index (χ4v) is 2.23. The molecular weight excluding hydrogens is 236 g/mol. The second-order valence-electron chi connectivity index (χ2n) is 5.84. The van der Waals surface area contributed by atoms with Gasteiger partial charge in [-0.2, -0.15) is 0 Å². The predicted molar refractivity (Wildman–Crippen MR) is 77.9 cm³/mol. The molecule has 1 saturated carbocycles. The fraction of sp³-hybridized carbons (Fsp3) is 0.562. The minimum atomic E-state index is 0.133. The Morgan fingerprint density at radius 2 is 1.95 bits per heavy atom. The lowest BCUT2D eigenvalue weighted by molar-refractivity contribution is -0.123. The van der Waals surface area contributed by atoms with E-state index in [-0.39, 0.29) is 11.9 Å². The number of carbonyl (C=O) groups is 1. The molecule has 1 fully saturated rings. The molecule has 0 aromatic heterocycles. The Hall–Kier alpha value is -1.35. The summed E-state index contributed by atoms with van der Waals surface area (Å²) >= 11 is 0. The van der Waals surface area contributed by atoms with Crippen molar-refractivity contribution in [2.45, 2.75) is 52.2 Å². The van der Waals surface area contributed by atoms with E-state index in [1.807, 2.05) is 13.8 Å². The van der Waals surface area contributed by atoms with E-state index >= 15 is 0 Å². The molecule has 0 bridgehead atoms. The second kappa shape index (κ2) is 6.20. The zero-order valence-corrected chi connectivity index (χ0v) is 12.1. The number of nitrogens with zero attached hydrogens (tertiary/aromatic N) is 1. The molecule has 1 amide bonds. The number of aryl methyl sites for hydroxylation is 1. The maximum Gasteiger partial charge on any atom is 0.234 e. The van der Waals surface area contributed by atoms with Crippen LogP contribution in [0, 0.1) is 6.92 Å². The van der Waals surface area contributed by atoms with Gasteiger partial charge in [-0.05, 0) is 39.2 Å². The molecule has 1 aromatic carbocycles. The molecule has 0 unspecified atom stereocenters. The van der Waals surface area contributed by atoms with Crippen LogP contribution in [0.5, 0.6) is 0 Å². The first-order valence-electron chi connectivity index (χ1n) is 7.13. The Morgan fingerprint density at radius 1 is 1.32 bits per heavy atom. The van der Waals surface area contributed by atoms with Crippen LogP contribution in [0.4, 0.5) is 0 Å². The lowest BCUT2D eigenvalue weighted by atomic mass is 10.1. The Labute approximate surface area is 116 Å². The topological polar surface area (TPSA) is 32.3 Å². The van der Waals surface area contributed by atoms with Crippen LogP contribution in [0.1, 0.15) is 37.8 Å². The van der Waals surface area contributed by atoms with Gasteiger partial charge in [-0.1, -0.05) is 29.8 Å². The highest BCUT2D eigenvalue weighted by Crippen LogP contribution is 2.28. The second-order valence-corrected chi connectivity index (χ2v) is 5.84. The monoisotopic (exact) mass is 260 g/mol.